The summed E-state index contributed by atoms with van der Waals surface area (Å²) < 4.78 is 5.08. The lowest BCUT2D eigenvalue weighted by Crippen LogP contribution is -2.39. The second-order valence-electron chi connectivity index (χ2n) is 5.95. The van der Waals surface area contributed by atoms with Gasteiger partial charge in [-0.25, -0.2) is 9.59 Å². The third kappa shape index (κ3) is 4.95. The molecule has 0 aliphatic rings. The van der Waals surface area contributed by atoms with Gasteiger partial charge in [-0.05, 0) is 21.9 Å². The van der Waals surface area contributed by atoms with Crippen LogP contribution in [-0.4, -0.2) is 23.2 Å². The molecule has 1 atom stereocenters. The summed E-state index contributed by atoms with van der Waals surface area (Å²) in [6.45, 7) is 0.0754. The lowest BCUT2D eigenvalue weighted by atomic mass is 10.0. The van der Waals surface area contributed by atoms with Gasteiger partial charge in [-0.1, -0.05) is 84.9 Å². The van der Waals surface area contributed by atoms with Gasteiger partial charge in [-0.3, -0.25) is 0 Å². The molecule has 0 aromatic heterocycles. The van der Waals surface area contributed by atoms with E-state index in [1.807, 2.05) is 72.8 Å². The van der Waals surface area contributed by atoms with E-state index in [9.17, 15) is 14.7 Å². The highest BCUT2D eigenvalue weighted by molar-refractivity contribution is 5.91. The summed E-state index contributed by atoms with van der Waals surface area (Å²) in [7, 11) is 0. The van der Waals surface area contributed by atoms with Crippen molar-refractivity contribution in [1.82, 2.24) is 5.32 Å². The zero-order valence-electron chi connectivity index (χ0n) is 14.5. The molecule has 0 unspecified atom stereocenters. The Labute approximate surface area is 156 Å². The van der Waals surface area contributed by atoms with Gasteiger partial charge >= 0.3 is 12.1 Å². The summed E-state index contributed by atoms with van der Waals surface area (Å²) in [5.74, 6) is -1.16. The summed E-state index contributed by atoms with van der Waals surface area (Å²) in [5, 5.41) is 13.8. The van der Waals surface area contributed by atoms with Crippen molar-refractivity contribution in [2.24, 2.45) is 0 Å². The number of benzene rings is 3. The molecule has 0 aliphatic heterocycles. The molecule has 0 saturated heterocycles. The fourth-order valence-corrected chi connectivity index (χ4v) is 2.68. The van der Waals surface area contributed by atoms with Crippen LogP contribution in [0.1, 0.15) is 11.1 Å². The van der Waals surface area contributed by atoms with Gasteiger partial charge < -0.3 is 15.2 Å². The molecule has 0 bridgehead atoms. The molecule has 0 radical (unpaired) electrons. The van der Waals surface area contributed by atoms with Crippen molar-refractivity contribution in [2.45, 2.75) is 12.6 Å². The average molecular weight is 361 g/mol. The number of rotatable bonds is 6. The van der Waals surface area contributed by atoms with E-state index >= 15 is 0 Å². The molecule has 3 rings (SSSR count). The first-order valence-corrected chi connectivity index (χ1v) is 8.49. The van der Waals surface area contributed by atoms with Gasteiger partial charge in [-0.2, -0.15) is 0 Å². The fraction of sp³-hybridized carbons (Fsp3) is 0.0909. The zero-order chi connectivity index (χ0) is 19.1. The maximum Gasteiger partial charge on any atom is 0.408 e. The number of carbonyl (C=O) groups is 2. The van der Waals surface area contributed by atoms with Crippen LogP contribution in [0.5, 0.6) is 0 Å². The van der Waals surface area contributed by atoms with E-state index < -0.39 is 18.1 Å². The van der Waals surface area contributed by atoms with E-state index in [1.165, 1.54) is 6.08 Å². The highest BCUT2D eigenvalue weighted by atomic mass is 16.5. The molecule has 3 aromatic carbocycles. The Bertz CT molecular complexity index is 961. The molecule has 27 heavy (non-hydrogen) atoms. The summed E-state index contributed by atoms with van der Waals surface area (Å²) >= 11 is 0. The third-order valence-electron chi connectivity index (χ3n) is 4.04. The molecule has 5 heteroatoms. The topological polar surface area (TPSA) is 75.6 Å². The second-order valence-corrected chi connectivity index (χ2v) is 5.95. The summed E-state index contributed by atoms with van der Waals surface area (Å²) in [6.07, 6.45) is 2.35. The number of alkyl carbamates (subject to hydrolysis) is 1. The molecule has 2 N–H and O–H groups in total. The largest absolute Gasteiger partial charge is 0.479 e. The zero-order valence-corrected chi connectivity index (χ0v) is 14.5. The molecular formula is C22H19NO4. The minimum atomic E-state index is -1.19. The van der Waals surface area contributed by atoms with Crippen molar-refractivity contribution < 1.29 is 19.4 Å². The van der Waals surface area contributed by atoms with Gasteiger partial charge in [0.15, 0.2) is 0 Å². The summed E-state index contributed by atoms with van der Waals surface area (Å²) in [5.41, 5.74) is 1.70. The monoisotopic (exact) mass is 361 g/mol. The van der Waals surface area contributed by atoms with Crippen molar-refractivity contribution in [1.29, 1.82) is 0 Å². The number of aliphatic carboxylic acids is 1. The van der Waals surface area contributed by atoms with Crippen molar-refractivity contribution >= 4 is 28.9 Å². The van der Waals surface area contributed by atoms with Crippen LogP contribution in [0.3, 0.4) is 0 Å². The van der Waals surface area contributed by atoms with Crippen LogP contribution in [0.15, 0.2) is 78.9 Å². The molecule has 0 fully saturated rings. The quantitative estimate of drug-likeness (QED) is 0.689. The van der Waals surface area contributed by atoms with Crippen molar-refractivity contribution in [3.63, 3.8) is 0 Å². The van der Waals surface area contributed by atoms with Crippen molar-refractivity contribution in [3.05, 3.63) is 90.0 Å². The fourth-order valence-electron chi connectivity index (χ4n) is 2.68. The molecule has 0 saturated carbocycles. The Hall–Kier alpha value is -3.60. The summed E-state index contributed by atoms with van der Waals surface area (Å²) in [4.78, 5) is 23.4. The minimum Gasteiger partial charge on any atom is -0.479 e. The molecule has 0 spiro atoms. The molecular weight excluding hydrogens is 342 g/mol. The highest BCUT2D eigenvalue weighted by Crippen LogP contribution is 2.19. The number of ether oxygens (including phenoxy) is 1. The molecule has 3 aromatic rings. The van der Waals surface area contributed by atoms with Crippen LogP contribution in [0.4, 0.5) is 4.79 Å². The Morgan fingerprint density at radius 3 is 2.44 bits per heavy atom. The van der Waals surface area contributed by atoms with Gasteiger partial charge in [0.05, 0.1) is 0 Å². The number of carboxylic acids is 1. The lowest BCUT2D eigenvalue weighted by molar-refractivity contribution is -0.138. The van der Waals surface area contributed by atoms with Crippen molar-refractivity contribution in [3.8, 4) is 0 Å². The van der Waals surface area contributed by atoms with Crippen LogP contribution in [0, 0.1) is 0 Å². The predicted molar refractivity (Wildman–Crippen MR) is 104 cm³/mol. The molecule has 0 aliphatic carbocycles. The van der Waals surface area contributed by atoms with E-state index in [1.54, 1.807) is 6.08 Å². The maximum atomic E-state index is 11.9. The first-order chi connectivity index (χ1) is 13.1. The predicted octanol–water partition coefficient (Wildman–Crippen LogP) is 4.23. The number of carboxylic acid groups (broad SMARTS) is 1. The Balaban J connectivity index is 1.67. The number of amides is 1. The number of carbonyl (C=O) groups excluding carboxylic acids is 1. The van der Waals surface area contributed by atoms with Crippen LogP contribution in [-0.2, 0) is 16.1 Å². The van der Waals surface area contributed by atoms with Gasteiger partial charge in [-0.15, -0.1) is 0 Å². The normalized spacial score (nSPS) is 12.0. The number of nitrogens with one attached hydrogen (secondary N) is 1. The van der Waals surface area contributed by atoms with Gasteiger partial charge in [0.25, 0.3) is 0 Å². The van der Waals surface area contributed by atoms with E-state index in [0.717, 1.165) is 21.9 Å². The lowest BCUT2D eigenvalue weighted by Gasteiger charge is -2.11. The van der Waals surface area contributed by atoms with Gasteiger partial charge in [0.2, 0.25) is 0 Å². The number of hydrogen-bond donors (Lipinski definition) is 2. The molecule has 1 amide bonds. The van der Waals surface area contributed by atoms with Crippen LogP contribution in [0.2, 0.25) is 0 Å². The van der Waals surface area contributed by atoms with Crippen LogP contribution < -0.4 is 5.32 Å². The first-order valence-electron chi connectivity index (χ1n) is 8.49. The van der Waals surface area contributed by atoms with Gasteiger partial charge in [0.1, 0.15) is 12.6 Å². The SMILES string of the molecule is O=C(N[C@@H](/C=C/c1cccc2ccccc12)C(=O)O)OCc1ccccc1. The number of fused-ring (bicyclic) bond motifs is 1. The standard InChI is InChI=1S/C22H19NO4/c24-21(25)20(23-22(26)27-15-16-7-2-1-3-8-16)14-13-18-11-6-10-17-9-4-5-12-19(17)18/h1-14,20H,15H2,(H,23,26)(H,24,25)/b14-13+/t20-/m0/s1. The highest BCUT2D eigenvalue weighted by Gasteiger charge is 2.17. The average Bonchev–Trinajstić information content (AvgIpc) is 2.70. The van der Waals surface area contributed by atoms with Gasteiger partial charge in [0, 0.05) is 0 Å². The Morgan fingerprint density at radius 1 is 0.963 bits per heavy atom. The first kappa shape index (κ1) is 18.2. The third-order valence-corrected chi connectivity index (χ3v) is 4.04. The Kier molecular flexibility index (Phi) is 5.84. The minimum absolute atomic E-state index is 0.0754. The molecule has 136 valence electrons. The van der Waals surface area contributed by atoms with Crippen LogP contribution >= 0.6 is 0 Å². The van der Waals surface area contributed by atoms with E-state index in [4.69, 9.17) is 4.74 Å². The summed E-state index contributed by atoms with van der Waals surface area (Å²) in [6, 6.07) is 21.6. The Morgan fingerprint density at radius 2 is 1.67 bits per heavy atom. The van der Waals surface area contributed by atoms with E-state index in [-0.39, 0.29) is 6.61 Å². The van der Waals surface area contributed by atoms with Crippen molar-refractivity contribution in [2.75, 3.05) is 0 Å². The van der Waals surface area contributed by atoms with E-state index in [0.29, 0.717) is 0 Å². The van der Waals surface area contributed by atoms with E-state index in [2.05, 4.69) is 5.32 Å². The van der Waals surface area contributed by atoms with Crippen LogP contribution in [0.25, 0.3) is 16.8 Å². The second kappa shape index (κ2) is 8.67. The smallest absolute Gasteiger partial charge is 0.408 e. The maximum absolute atomic E-state index is 11.9. The molecule has 0 heterocycles. The molecule has 5 nitrogen and oxygen atoms in total. The number of hydrogen-bond acceptors (Lipinski definition) is 3.